The third kappa shape index (κ3) is 3.72. The van der Waals surface area contributed by atoms with E-state index in [1.807, 2.05) is 6.07 Å². The number of nitrogens with zero attached hydrogens (tertiary/aromatic N) is 1. The van der Waals surface area contributed by atoms with Gasteiger partial charge in [0.25, 0.3) is 0 Å². The van der Waals surface area contributed by atoms with Crippen molar-refractivity contribution in [3.63, 3.8) is 0 Å². The Morgan fingerprint density at radius 1 is 1.33 bits per heavy atom. The van der Waals surface area contributed by atoms with Gasteiger partial charge in [0.15, 0.2) is 0 Å². The Morgan fingerprint density at radius 3 is 2.78 bits per heavy atom. The van der Waals surface area contributed by atoms with Gasteiger partial charge in [0, 0.05) is 6.54 Å². The lowest BCUT2D eigenvalue weighted by molar-refractivity contribution is 0.279. The van der Waals surface area contributed by atoms with E-state index in [2.05, 4.69) is 23.1 Å². The minimum atomic E-state index is 0.551. The van der Waals surface area contributed by atoms with Crippen molar-refractivity contribution in [2.75, 3.05) is 33.3 Å². The summed E-state index contributed by atoms with van der Waals surface area (Å²) in [7, 11) is 1.71. The first-order chi connectivity index (χ1) is 8.81. The number of nitrogens with two attached hydrogens (primary N) is 1. The molecule has 1 aliphatic rings. The van der Waals surface area contributed by atoms with Crippen LogP contribution in [0.3, 0.4) is 0 Å². The molecule has 3 nitrogen and oxygen atoms in total. The molecule has 0 amide bonds. The first-order valence-corrected chi connectivity index (χ1v) is 6.87. The fourth-order valence-electron chi connectivity index (χ4n) is 2.69. The first-order valence-electron chi connectivity index (χ1n) is 6.87. The van der Waals surface area contributed by atoms with Crippen molar-refractivity contribution in [3.05, 3.63) is 29.8 Å². The third-order valence-corrected chi connectivity index (χ3v) is 3.71. The molecule has 1 atom stereocenters. The van der Waals surface area contributed by atoms with Crippen LogP contribution in [0.4, 0.5) is 0 Å². The molecule has 0 bridgehead atoms. The molecule has 3 heteroatoms. The van der Waals surface area contributed by atoms with E-state index in [4.69, 9.17) is 10.5 Å². The molecule has 1 aromatic carbocycles. The molecule has 0 saturated carbocycles. The van der Waals surface area contributed by atoms with Crippen LogP contribution in [-0.2, 0) is 6.42 Å². The van der Waals surface area contributed by atoms with E-state index in [9.17, 15) is 0 Å². The highest BCUT2D eigenvalue weighted by Crippen LogP contribution is 2.17. The average Bonchev–Trinajstić information content (AvgIpc) is 2.91. The molecule has 1 aliphatic heterocycles. The molecule has 1 unspecified atom stereocenters. The second-order valence-corrected chi connectivity index (χ2v) is 5.17. The van der Waals surface area contributed by atoms with Gasteiger partial charge >= 0.3 is 0 Å². The maximum Gasteiger partial charge on any atom is 0.119 e. The fraction of sp³-hybridized carbons (Fsp3) is 0.600. The first kappa shape index (κ1) is 13.4. The Balaban J connectivity index is 1.91. The molecule has 100 valence electrons. The summed E-state index contributed by atoms with van der Waals surface area (Å²) in [6.07, 6.45) is 3.73. The Hall–Kier alpha value is -1.06. The minimum Gasteiger partial charge on any atom is -0.497 e. The summed E-state index contributed by atoms with van der Waals surface area (Å²) in [6.45, 7) is 4.38. The molecular weight excluding hydrogens is 224 g/mol. The molecule has 0 aliphatic carbocycles. The van der Waals surface area contributed by atoms with Crippen molar-refractivity contribution in [3.8, 4) is 5.75 Å². The molecule has 1 aromatic rings. The van der Waals surface area contributed by atoms with E-state index in [1.54, 1.807) is 7.11 Å². The maximum atomic E-state index is 5.91. The molecule has 2 rings (SSSR count). The van der Waals surface area contributed by atoms with Gasteiger partial charge in [0.2, 0.25) is 0 Å². The van der Waals surface area contributed by atoms with Crippen LogP contribution in [-0.4, -0.2) is 38.2 Å². The molecule has 1 fully saturated rings. The zero-order valence-corrected chi connectivity index (χ0v) is 11.3. The van der Waals surface area contributed by atoms with Gasteiger partial charge in [0.05, 0.1) is 7.11 Å². The van der Waals surface area contributed by atoms with Crippen molar-refractivity contribution in [2.24, 2.45) is 11.7 Å². The summed E-state index contributed by atoms with van der Waals surface area (Å²) in [5, 5.41) is 0. The highest BCUT2D eigenvalue weighted by atomic mass is 16.5. The number of methoxy groups -OCH3 is 1. The Kier molecular flexibility index (Phi) is 5.02. The standard InChI is InChI=1S/C15H24N2O/c1-18-15-6-4-5-13(10-15)9-14(11-16)12-17-7-2-3-8-17/h4-6,10,14H,2-3,7-9,11-12,16H2,1H3. The highest BCUT2D eigenvalue weighted by Gasteiger charge is 2.17. The monoisotopic (exact) mass is 248 g/mol. The third-order valence-electron chi connectivity index (χ3n) is 3.71. The summed E-state index contributed by atoms with van der Waals surface area (Å²) in [6, 6.07) is 8.32. The number of rotatable bonds is 6. The fourth-order valence-corrected chi connectivity index (χ4v) is 2.69. The van der Waals surface area contributed by atoms with Crippen LogP contribution < -0.4 is 10.5 Å². The predicted octanol–water partition coefficient (Wildman–Crippen LogP) is 1.91. The summed E-state index contributed by atoms with van der Waals surface area (Å²) < 4.78 is 5.26. The van der Waals surface area contributed by atoms with Crippen LogP contribution in [0, 0.1) is 5.92 Å². The summed E-state index contributed by atoms with van der Waals surface area (Å²) >= 11 is 0. The van der Waals surface area contributed by atoms with E-state index in [0.29, 0.717) is 5.92 Å². The lowest BCUT2D eigenvalue weighted by atomic mass is 9.98. The van der Waals surface area contributed by atoms with E-state index in [0.717, 1.165) is 25.3 Å². The van der Waals surface area contributed by atoms with Gasteiger partial charge in [-0.05, 0) is 62.5 Å². The van der Waals surface area contributed by atoms with Crippen LogP contribution >= 0.6 is 0 Å². The van der Waals surface area contributed by atoms with E-state index < -0.39 is 0 Å². The molecule has 1 saturated heterocycles. The van der Waals surface area contributed by atoms with Crippen LogP contribution in [0.2, 0.25) is 0 Å². The van der Waals surface area contributed by atoms with Crippen LogP contribution in [0.25, 0.3) is 0 Å². The molecular formula is C15H24N2O. The Bertz CT molecular complexity index is 361. The molecule has 2 N–H and O–H groups in total. The molecule has 0 radical (unpaired) electrons. The quantitative estimate of drug-likeness (QED) is 0.836. The van der Waals surface area contributed by atoms with Crippen LogP contribution in [0.1, 0.15) is 18.4 Å². The number of hydrogen-bond acceptors (Lipinski definition) is 3. The molecule has 1 heterocycles. The molecule has 18 heavy (non-hydrogen) atoms. The molecule has 0 spiro atoms. The SMILES string of the molecule is COc1cccc(CC(CN)CN2CCCC2)c1. The van der Waals surface area contributed by atoms with Crippen molar-refractivity contribution in [2.45, 2.75) is 19.3 Å². The van der Waals surface area contributed by atoms with E-state index in [1.165, 1.54) is 31.5 Å². The van der Waals surface area contributed by atoms with Gasteiger partial charge in [0.1, 0.15) is 5.75 Å². The molecule has 0 aromatic heterocycles. The van der Waals surface area contributed by atoms with Crippen molar-refractivity contribution in [1.82, 2.24) is 4.90 Å². The van der Waals surface area contributed by atoms with Crippen LogP contribution in [0.15, 0.2) is 24.3 Å². The van der Waals surface area contributed by atoms with Crippen molar-refractivity contribution < 1.29 is 4.74 Å². The number of benzene rings is 1. The van der Waals surface area contributed by atoms with Gasteiger partial charge in [-0.15, -0.1) is 0 Å². The largest absolute Gasteiger partial charge is 0.497 e. The lowest BCUT2D eigenvalue weighted by Crippen LogP contribution is -2.32. The maximum absolute atomic E-state index is 5.91. The van der Waals surface area contributed by atoms with Crippen molar-refractivity contribution >= 4 is 0 Å². The van der Waals surface area contributed by atoms with Crippen molar-refractivity contribution in [1.29, 1.82) is 0 Å². The summed E-state index contributed by atoms with van der Waals surface area (Å²) in [4.78, 5) is 2.54. The topological polar surface area (TPSA) is 38.5 Å². The van der Waals surface area contributed by atoms with Crippen LogP contribution in [0.5, 0.6) is 5.75 Å². The number of likely N-dealkylation sites (tertiary alicyclic amines) is 1. The Morgan fingerprint density at radius 2 is 2.11 bits per heavy atom. The smallest absolute Gasteiger partial charge is 0.119 e. The van der Waals surface area contributed by atoms with Gasteiger partial charge < -0.3 is 15.4 Å². The Labute approximate surface area is 110 Å². The average molecular weight is 248 g/mol. The summed E-state index contributed by atoms with van der Waals surface area (Å²) in [5.74, 6) is 1.49. The highest BCUT2D eigenvalue weighted by molar-refractivity contribution is 5.28. The normalized spacial score (nSPS) is 17.9. The number of ether oxygens (including phenoxy) is 1. The van der Waals surface area contributed by atoms with Gasteiger partial charge in [-0.25, -0.2) is 0 Å². The van der Waals surface area contributed by atoms with E-state index >= 15 is 0 Å². The second kappa shape index (κ2) is 6.76. The number of hydrogen-bond donors (Lipinski definition) is 1. The lowest BCUT2D eigenvalue weighted by Gasteiger charge is -2.22. The zero-order valence-electron chi connectivity index (χ0n) is 11.3. The van der Waals surface area contributed by atoms with Gasteiger partial charge in [-0.2, -0.15) is 0 Å². The summed E-state index contributed by atoms with van der Waals surface area (Å²) in [5.41, 5.74) is 7.23. The van der Waals surface area contributed by atoms with Gasteiger partial charge in [-0.1, -0.05) is 12.1 Å². The minimum absolute atomic E-state index is 0.551. The predicted molar refractivity (Wildman–Crippen MR) is 74.9 cm³/mol. The zero-order chi connectivity index (χ0) is 12.8. The van der Waals surface area contributed by atoms with E-state index in [-0.39, 0.29) is 0 Å². The second-order valence-electron chi connectivity index (χ2n) is 5.17. The van der Waals surface area contributed by atoms with Gasteiger partial charge in [-0.3, -0.25) is 0 Å².